The minimum Gasteiger partial charge on any atom is -0.300 e. The highest BCUT2D eigenvalue weighted by Gasteiger charge is 2.37. The van der Waals surface area contributed by atoms with Crippen molar-refractivity contribution in [1.82, 2.24) is 9.36 Å². The third-order valence-corrected chi connectivity index (χ3v) is 4.40. The van der Waals surface area contributed by atoms with Gasteiger partial charge in [0.15, 0.2) is 0 Å². The second-order valence-electron chi connectivity index (χ2n) is 5.97. The van der Waals surface area contributed by atoms with Gasteiger partial charge in [0.25, 0.3) is 0 Å². The number of benzene rings is 2. The molecule has 0 atom stereocenters. The molecule has 0 bridgehead atoms. The molecular formula is C18H11F6N3OS. The van der Waals surface area contributed by atoms with E-state index >= 15 is 0 Å². The predicted molar refractivity (Wildman–Crippen MR) is 94.1 cm³/mol. The van der Waals surface area contributed by atoms with Gasteiger partial charge in [-0.15, -0.1) is 0 Å². The lowest BCUT2D eigenvalue weighted by atomic mass is 9.97. The number of nitrogens with zero attached hydrogens (tertiary/aromatic N) is 2. The van der Waals surface area contributed by atoms with Gasteiger partial charge >= 0.3 is 12.4 Å². The van der Waals surface area contributed by atoms with Crippen molar-refractivity contribution in [3.05, 3.63) is 65.5 Å². The number of alkyl halides is 6. The Morgan fingerprint density at radius 1 is 0.931 bits per heavy atom. The first-order chi connectivity index (χ1) is 13.5. The summed E-state index contributed by atoms with van der Waals surface area (Å²) >= 11 is 0.963. The lowest BCUT2D eigenvalue weighted by Gasteiger charge is -2.15. The SMILES string of the molecule is O=C(Cc1cccc(-c2cc(C(F)(F)F)cc(C(F)(F)F)c2)c1)Nc1ncns1. The molecule has 2 aromatic carbocycles. The Hall–Kier alpha value is -2.95. The molecule has 1 aromatic heterocycles. The van der Waals surface area contributed by atoms with Crippen LogP contribution in [0.25, 0.3) is 11.1 Å². The van der Waals surface area contributed by atoms with Gasteiger partial charge in [-0.05, 0) is 34.9 Å². The first kappa shape index (κ1) is 20.8. The Balaban J connectivity index is 1.92. The average molecular weight is 431 g/mol. The monoisotopic (exact) mass is 431 g/mol. The van der Waals surface area contributed by atoms with Gasteiger partial charge in [0.1, 0.15) is 6.33 Å². The van der Waals surface area contributed by atoms with Gasteiger partial charge in [0.2, 0.25) is 11.0 Å². The molecule has 152 valence electrons. The van der Waals surface area contributed by atoms with Gasteiger partial charge in [-0.1, -0.05) is 24.3 Å². The zero-order valence-electron chi connectivity index (χ0n) is 14.3. The number of hydrogen-bond acceptors (Lipinski definition) is 4. The molecule has 0 aliphatic carbocycles. The van der Waals surface area contributed by atoms with Crippen molar-refractivity contribution in [3.63, 3.8) is 0 Å². The predicted octanol–water partition coefficient (Wildman–Crippen LogP) is 5.42. The van der Waals surface area contributed by atoms with Crippen LogP contribution in [0.4, 0.5) is 31.5 Å². The molecule has 4 nitrogen and oxygen atoms in total. The highest BCUT2D eigenvalue weighted by molar-refractivity contribution is 7.09. The van der Waals surface area contributed by atoms with Crippen LogP contribution in [0.3, 0.4) is 0 Å². The van der Waals surface area contributed by atoms with E-state index in [0.29, 0.717) is 17.7 Å². The summed E-state index contributed by atoms with van der Waals surface area (Å²) in [7, 11) is 0. The fraction of sp³-hybridized carbons (Fsp3) is 0.167. The summed E-state index contributed by atoms with van der Waals surface area (Å²) in [5.41, 5.74) is -2.51. The summed E-state index contributed by atoms with van der Waals surface area (Å²) in [5.74, 6) is -0.445. The summed E-state index contributed by atoms with van der Waals surface area (Å²) in [6.07, 6.45) is -8.75. The van der Waals surface area contributed by atoms with Crippen molar-refractivity contribution in [2.45, 2.75) is 18.8 Å². The number of carbonyl (C=O) groups is 1. The summed E-state index contributed by atoms with van der Waals surface area (Å²) < 4.78 is 82.0. The minimum atomic E-state index is -4.94. The number of hydrogen-bond donors (Lipinski definition) is 1. The van der Waals surface area contributed by atoms with Crippen molar-refractivity contribution >= 4 is 22.6 Å². The average Bonchev–Trinajstić information content (AvgIpc) is 3.13. The molecule has 0 aliphatic rings. The Kier molecular flexibility index (Phi) is 5.60. The van der Waals surface area contributed by atoms with Crippen molar-refractivity contribution in [2.75, 3.05) is 5.32 Å². The Bertz CT molecular complexity index is 983. The lowest BCUT2D eigenvalue weighted by Crippen LogP contribution is -2.14. The van der Waals surface area contributed by atoms with E-state index in [1.807, 2.05) is 0 Å². The normalized spacial score (nSPS) is 12.1. The van der Waals surface area contributed by atoms with E-state index in [2.05, 4.69) is 14.7 Å². The molecule has 0 radical (unpaired) electrons. The first-order valence-corrected chi connectivity index (χ1v) is 8.75. The maximum atomic E-state index is 13.1. The molecule has 3 rings (SSSR count). The van der Waals surface area contributed by atoms with Gasteiger partial charge in [-0.25, -0.2) is 4.98 Å². The van der Waals surface area contributed by atoms with Gasteiger partial charge < -0.3 is 5.32 Å². The van der Waals surface area contributed by atoms with Crippen LogP contribution >= 0.6 is 11.5 Å². The van der Waals surface area contributed by atoms with E-state index in [-0.39, 0.29) is 28.7 Å². The van der Waals surface area contributed by atoms with Gasteiger partial charge in [-0.2, -0.15) is 30.7 Å². The van der Waals surface area contributed by atoms with Crippen LogP contribution in [0.5, 0.6) is 0 Å². The number of carbonyl (C=O) groups excluding carboxylic acids is 1. The molecule has 0 saturated carbocycles. The highest BCUT2D eigenvalue weighted by Crippen LogP contribution is 2.38. The van der Waals surface area contributed by atoms with Crippen LogP contribution < -0.4 is 5.32 Å². The summed E-state index contributed by atoms with van der Waals surface area (Å²) in [4.78, 5) is 15.8. The molecule has 1 N–H and O–H groups in total. The number of rotatable bonds is 4. The van der Waals surface area contributed by atoms with Crippen molar-refractivity contribution in [1.29, 1.82) is 0 Å². The van der Waals surface area contributed by atoms with Gasteiger partial charge in [-0.3, -0.25) is 4.79 Å². The van der Waals surface area contributed by atoms with Crippen LogP contribution in [0.1, 0.15) is 16.7 Å². The van der Waals surface area contributed by atoms with Crippen LogP contribution in [0, 0.1) is 0 Å². The smallest absolute Gasteiger partial charge is 0.300 e. The maximum absolute atomic E-state index is 13.1. The van der Waals surface area contributed by atoms with Gasteiger partial charge in [0, 0.05) is 11.5 Å². The van der Waals surface area contributed by atoms with Crippen LogP contribution in [-0.4, -0.2) is 15.3 Å². The first-order valence-electron chi connectivity index (χ1n) is 7.98. The molecule has 0 spiro atoms. The standard InChI is InChI=1S/C18H11F6N3OS/c19-17(20,21)13-6-12(7-14(8-13)18(22,23)24)11-3-1-2-10(4-11)5-15(28)27-16-25-9-26-29-16/h1-4,6-9H,5H2,(H,25,26,27,28). The molecule has 1 heterocycles. The van der Waals surface area contributed by atoms with E-state index in [1.54, 1.807) is 6.07 Å². The molecule has 3 aromatic rings. The molecule has 0 aliphatic heterocycles. The second-order valence-corrected chi connectivity index (χ2v) is 6.75. The number of halogens is 6. The Morgan fingerprint density at radius 2 is 1.59 bits per heavy atom. The van der Waals surface area contributed by atoms with Gasteiger partial charge in [0.05, 0.1) is 17.5 Å². The third-order valence-electron chi connectivity index (χ3n) is 3.82. The minimum absolute atomic E-state index is 0.0723. The number of aromatic nitrogens is 2. The largest absolute Gasteiger partial charge is 0.416 e. The Labute approximate surface area is 164 Å². The molecule has 1 amide bonds. The van der Waals surface area contributed by atoms with E-state index < -0.39 is 29.4 Å². The molecule has 29 heavy (non-hydrogen) atoms. The maximum Gasteiger partial charge on any atom is 0.416 e. The second kappa shape index (κ2) is 7.82. The fourth-order valence-corrected chi connectivity index (χ4v) is 3.01. The quantitative estimate of drug-likeness (QED) is 0.561. The zero-order chi connectivity index (χ0) is 21.2. The van der Waals surface area contributed by atoms with E-state index in [1.165, 1.54) is 24.5 Å². The molecular weight excluding hydrogens is 420 g/mol. The molecule has 0 saturated heterocycles. The topological polar surface area (TPSA) is 54.9 Å². The summed E-state index contributed by atoms with van der Waals surface area (Å²) in [5, 5.41) is 2.77. The molecule has 11 heteroatoms. The summed E-state index contributed by atoms with van der Waals surface area (Å²) in [6, 6.07) is 7.11. The zero-order valence-corrected chi connectivity index (χ0v) is 15.1. The lowest BCUT2D eigenvalue weighted by molar-refractivity contribution is -0.143. The van der Waals surface area contributed by atoms with E-state index in [9.17, 15) is 31.1 Å². The van der Waals surface area contributed by atoms with Crippen LogP contribution in [0.2, 0.25) is 0 Å². The number of anilines is 1. The van der Waals surface area contributed by atoms with Crippen molar-refractivity contribution < 1.29 is 31.1 Å². The van der Waals surface area contributed by atoms with E-state index in [0.717, 1.165) is 11.5 Å². The number of amides is 1. The van der Waals surface area contributed by atoms with Crippen LogP contribution in [-0.2, 0) is 23.6 Å². The van der Waals surface area contributed by atoms with Crippen LogP contribution in [0.15, 0.2) is 48.8 Å². The highest BCUT2D eigenvalue weighted by atomic mass is 32.1. The number of nitrogens with one attached hydrogen (secondary N) is 1. The fourth-order valence-electron chi connectivity index (χ4n) is 2.56. The van der Waals surface area contributed by atoms with Crippen molar-refractivity contribution in [2.24, 2.45) is 0 Å². The van der Waals surface area contributed by atoms with Crippen molar-refractivity contribution in [3.8, 4) is 11.1 Å². The Morgan fingerprint density at radius 3 is 2.14 bits per heavy atom. The summed E-state index contributed by atoms with van der Waals surface area (Å²) in [6.45, 7) is 0. The third kappa shape index (κ3) is 5.31. The molecule has 0 fully saturated rings. The van der Waals surface area contributed by atoms with E-state index in [4.69, 9.17) is 0 Å². The molecule has 0 unspecified atom stereocenters.